The molecule has 1 saturated heterocycles. The van der Waals surface area contributed by atoms with Crippen molar-refractivity contribution in [3.05, 3.63) is 30.3 Å². The first-order valence-electron chi connectivity index (χ1n) is 6.89. The maximum atomic E-state index is 5.97. The Morgan fingerprint density at radius 1 is 1.11 bits per heavy atom. The van der Waals surface area contributed by atoms with Gasteiger partial charge in [-0.2, -0.15) is 0 Å². The molecular weight excluding hydrogens is 260 g/mol. The van der Waals surface area contributed by atoms with E-state index in [2.05, 4.69) is 12.1 Å². The van der Waals surface area contributed by atoms with Gasteiger partial charge in [0.15, 0.2) is 0 Å². The van der Waals surface area contributed by atoms with Gasteiger partial charge >= 0.3 is 0 Å². The van der Waals surface area contributed by atoms with E-state index in [1.165, 1.54) is 17.7 Å². The molecule has 3 rings (SSSR count). The Morgan fingerprint density at radius 3 is 2.47 bits per heavy atom. The predicted molar refractivity (Wildman–Crippen MR) is 74.9 cm³/mol. The fourth-order valence-corrected chi connectivity index (χ4v) is 3.42. The summed E-state index contributed by atoms with van der Waals surface area (Å²) in [5.41, 5.74) is -0.367. The topological polar surface area (TPSA) is 27.7 Å². The van der Waals surface area contributed by atoms with Crippen LogP contribution in [0.25, 0.3) is 0 Å². The van der Waals surface area contributed by atoms with Crippen LogP contribution in [0.1, 0.15) is 32.6 Å². The molecule has 0 N–H and O–H groups in total. The average molecular weight is 280 g/mol. The zero-order valence-electron chi connectivity index (χ0n) is 11.3. The SMILES string of the molecule is CC1(CSc2ccccc2)COC2(CCCC2)OO1. The molecular formula is C15H20O3S. The number of rotatable bonds is 3. The molecule has 1 unspecified atom stereocenters. The fourth-order valence-electron chi connectivity index (χ4n) is 2.47. The van der Waals surface area contributed by atoms with Crippen molar-refractivity contribution in [3.63, 3.8) is 0 Å². The van der Waals surface area contributed by atoms with Crippen LogP contribution in [0.5, 0.6) is 0 Å². The van der Waals surface area contributed by atoms with Gasteiger partial charge in [0.25, 0.3) is 0 Å². The number of thioether (sulfide) groups is 1. The van der Waals surface area contributed by atoms with Crippen molar-refractivity contribution in [1.29, 1.82) is 0 Å². The predicted octanol–water partition coefficient (Wildman–Crippen LogP) is 3.79. The fraction of sp³-hybridized carbons (Fsp3) is 0.600. The first-order chi connectivity index (χ1) is 9.20. The summed E-state index contributed by atoms with van der Waals surface area (Å²) in [6.45, 7) is 2.65. The van der Waals surface area contributed by atoms with E-state index in [0.717, 1.165) is 18.6 Å². The number of ether oxygens (including phenoxy) is 1. The lowest BCUT2D eigenvalue weighted by Gasteiger charge is -2.41. The molecule has 1 aromatic rings. The van der Waals surface area contributed by atoms with Crippen LogP contribution in [-0.2, 0) is 14.5 Å². The average Bonchev–Trinajstić information content (AvgIpc) is 2.91. The maximum Gasteiger partial charge on any atom is 0.201 e. The lowest BCUT2D eigenvalue weighted by atomic mass is 10.1. The highest BCUT2D eigenvalue weighted by molar-refractivity contribution is 7.99. The van der Waals surface area contributed by atoms with Crippen molar-refractivity contribution < 1.29 is 14.5 Å². The van der Waals surface area contributed by atoms with Crippen LogP contribution in [0.15, 0.2) is 35.2 Å². The molecule has 1 atom stereocenters. The Labute approximate surface area is 118 Å². The van der Waals surface area contributed by atoms with Gasteiger partial charge in [0.05, 0.1) is 6.61 Å². The van der Waals surface area contributed by atoms with E-state index in [1.54, 1.807) is 11.8 Å². The molecule has 1 aliphatic heterocycles. The summed E-state index contributed by atoms with van der Waals surface area (Å²) in [4.78, 5) is 12.5. The smallest absolute Gasteiger partial charge is 0.201 e. The van der Waals surface area contributed by atoms with E-state index in [4.69, 9.17) is 14.5 Å². The van der Waals surface area contributed by atoms with Crippen LogP contribution in [0.4, 0.5) is 0 Å². The van der Waals surface area contributed by atoms with Crippen molar-refractivity contribution in [2.24, 2.45) is 0 Å². The Balaban J connectivity index is 1.54. The third-order valence-corrected chi connectivity index (χ3v) is 5.05. The second-order valence-corrected chi connectivity index (χ2v) is 6.67. The number of hydrogen-bond donors (Lipinski definition) is 0. The Kier molecular flexibility index (Phi) is 3.85. The van der Waals surface area contributed by atoms with Crippen molar-refractivity contribution in [2.75, 3.05) is 12.4 Å². The lowest BCUT2D eigenvalue weighted by molar-refractivity contribution is -0.503. The zero-order chi connectivity index (χ0) is 13.2. The minimum atomic E-state index is -0.447. The van der Waals surface area contributed by atoms with Gasteiger partial charge in [-0.3, -0.25) is 0 Å². The first-order valence-corrected chi connectivity index (χ1v) is 7.87. The van der Waals surface area contributed by atoms with E-state index in [-0.39, 0.29) is 5.60 Å². The quantitative estimate of drug-likeness (QED) is 0.622. The van der Waals surface area contributed by atoms with Gasteiger partial charge in [0.2, 0.25) is 5.79 Å². The summed E-state index contributed by atoms with van der Waals surface area (Å²) < 4.78 is 5.97. The van der Waals surface area contributed by atoms with E-state index in [9.17, 15) is 0 Å². The monoisotopic (exact) mass is 280 g/mol. The van der Waals surface area contributed by atoms with Gasteiger partial charge in [0, 0.05) is 23.5 Å². The maximum absolute atomic E-state index is 5.97. The molecule has 1 heterocycles. The zero-order valence-corrected chi connectivity index (χ0v) is 12.1. The molecule has 1 aliphatic carbocycles. The molecule has 3 nitrogen and oxygen atoms in total. The van der Waals surface area contributed by atoms with Crippen LogP contribution >= 0.6 is 11.8 Å². The number of hydrogen-bond acceptors (Lipinski definition) is 4. The lowest BCUT2D eigenvalue weighted by Crippen LogP contribution is -2.50. The molecule has 0 aromatic heterocycles. The molecule has 1 aromatic carbocycles. The van der Waals surface area contributed by atoms with Gasteiger partial charge < -0.3 is 4.74 Å². The Morgan fingerprint density at radius 2 is 1.84 bits per heavy atom. The molecule has 19 heavy (non-hydrogen) atoms. The van der Waals surface area contributed by atoms with Gasteiger partial charge in [0.1, 0.15) is 5.60 Å². The second kappa shape index (κ2) is 5.44. The summed E-state index contributed by atoms with van der Waals surface area (Å²) in [5, 5.41) is 0. The summed E-state index contributed by atoms with van der Waals surface area (Å²) in [7, 11) is 0. The van der Waals surface area contributed by atoms with Crippen LogP contribution in [0, 0.1) is 0 Å². The summed E-state index contributed by atoms with van der Waals surface area (Å²) >= 11 is 1.77. The standard InChI is InChI=1S/C15H20O3S/c1-14(12-19-13-7-3-2-4-8-13)11-16-15(18-17-14)9-5-6-10-15/h2-4,7-8H,5-6,9-12H2,1H3. The second-order valence-electron chi connectivity index (χ2n) is 5.62. The molecule has 1 spiro atoms. The molecule has 1 saturated carbocycles. The van der Waals surface area contributed by atoms with E-state index in [0.29, 0.717) is 6.61 Å². The molecule has 4 heteroatoms. The van der Waals surface area contributed by atoms with Crippen molar-refractivity contribution >= 4 is 11.8 Å². The van der Waals surface area contributed by atoms with Crippen LogP contribution in [0.3, 0.4) is 0 Å². The molecule has 0 radical (unpaired) electrons. The number of benzene rings is 1. The van der Waals surface area contributed by atoms with Crippen LogP contribution in [-0.4, -0.2) is 23.7 Å². The van der Waals surface area contributed by atoms with Gasteiger partial charge in [-0.25, -0.2) is 9.78 Å². The van der Waals surface area contributed by atoms with Crippen molar-refractivity contribution in [3.8, 4) is 0 Å². The van der Waals surface area contributed by atoms with E-state index >= 15 is 0 Å². The van der Waals surface area contributed by atoms with Gasteiger partial charge in [-0.15, -0.1) is 11.8 Å². The molecule has 2 aliphatic rings. The van der Waals surface area contributed by atoms with Gasteiger partial charge in [-0.05, 0) is 31.9 Å². The molecule has 0 bridgehead atoms. The van der Waals surface area contributed by atoms with Crippen LogP contribution in [0.2, 0.25) is 0 Å². The Bertz CT molecular complexity index is 405. The summed E-state index contributed by atoms with van der Waals surface area (Å²) in [5.74, 6) is 0.379. The van der Waals surface area contributed by atoms with E-state index in [1.807, 2.05) is 25.1 Å². The normalized spacial score (nSPS) is 29.7. The summed E-state index contributed by atoms with van der Waals surface area (Å²) in [6, 6.07) is 10.3. The third-order valence-electron chi connectivity index (χ3n) is 3.69. The van der Waals surface area contributed by atoms with Crippen molar-refractivity contribution in [1.82, 2.24) is 0 Å². The summed E-state index contributed by atoms with van der Waals surface area (Å²) in [6.07, 6.45) is 4.24. The molecule has 0 amide bonds. The largest absolute Gasteiger partial charge is 0.344 e. The van der Waals surface area contributed by atoms with Gasteiger partial charge in [-0.1, -0.05) is 18.2 Å². The Hall–Kier alpha value is -0.550. The van der Waals surface area contributed by atoms with Crippen LogP contribution < -0.4 is 0 Å². The van der Waals surface area contributed by atoms with Crippen molar-refractivity contribution in [2.45, 2.75) is 48.9 Å². The highest BCUT2D eigenvalue weighted by Crippen LogP contribution is 2.40. The minimum Gasteiger partial charge on any atom is -0.344 e. The molecule has 2 fully saturated rings. The van der Waals surface area contributed by atoms with E-state index < -0.39 is 5.79 Å². The molecule has 104 valence electrons. The third kappa shape index (κ3) is 3.14. The minimum absolute atomic E-state index is 0.367. The highest BCUT2D eigenvalue weighted by atomic mass is 32.2. The first kappa shape index (κ1) is 13.4. The highest BCUT2D eigenvalue weighted by Gasteiger charge is 2.46.